The van der Waals surface area contributed by atoms with Crippen molar-refractivity contribution >= 4 is 28.0 Å². The van der Waals surface area contributed by atoms with Gasteiger partial charge in [-0.05, 0) is 77.9 Å². The summed E-state index contributed by atoms with van der Waals surface area (Å²) in [6.45, 7) is 14.9. The fourth-order valence-corrected chi connectivity index (χ4v) is 9.42. The molecule has 51 heavy (non-hydrogen) atoms. The zero-order chi connectivity index (χ0) is 37.2. The van der Waals surface area contributed by atoms with Crippen LogP contribution in [-0.4, -0.2) is 77.2 Å². The fourth-order valence-electron chi connectivity index (χ4n) is 4.41. The van der Waals surface area contributed by atoms with E-state index in [1.54, 1.807) is 24.8 Å². The van der Waals surface area contributed by atoms with Crippen LogP contribution in [0.3, 0.4) is 0 Å². The maximum atomic E-state index is 7.65. The molecular weight excluding hydrogens is 778 g/mol. The number of aromatic nitrogens is 4. The van der Waals surface area contributed by atoms with Gasteiger partial charge in [0.15, 0.2) is 0 Å². The van der Waals surface area contributed by atoms with Crippen LogP contribution in [0.25, 0.3) is 22.8 Å². The molecular formula is C34H44N6O8RuSi2. The van der Waals surface area contributed by atoms with Crippen molar-refractivity contribution in [1.29, 1.82) is 10.5 Å². The van der Waals surface area contributed by atoms with Gasteiger partial charge in [-0.2, -0.15) is 0 Å². The SMILES string of the molecule is CCO[Si](OCC)(OCC)c1ccc(-c2ccccn2)nc1.CCO[Si](OCC)(OCC)c1ccc(-c2ccccn2)nc1.N#C[O][Ru][O]C#N. The summed E-state index contributed by atoms with van der Waals surface area (Å²) in [6.07, 6.45) is 9.79. The molecule has 0 radical (unpaired) electrons. The van der Waals surface area contributed by atoms with Crippen LogP contribution in [0.2, 0.25) is 0 Å². The van der Waals surface area contributed by atoms with E-state index in [1.807, 2.05) is 102 Å². The summed E-state index contributed by atoms with van der Waals surface area (Å²) in [5, 5.41) is 17.1. The van der Waals surface area contributed by atoms with Crippen LogP contribution >= 0.6 is 0 Å². The number of pyridine rings is 4. The Morgan fingerprint density at radius 3 is 1.06 bits per heavy atom. The Balaban J connectivity index is 0.000000299. The molecule has 0 N–H and O–H groups in total. The summed E-state index contributed by atoms with van der Waals surface area (Å²) in [5.74, 6) is 0. The van der Waals surface area contributed by atoms with Gasteiger partial charge < -0.3 is 26.6 Å². The molecule has 0 amide bonds. The second-order valence-corrected chi connectivity index (χ2v) is 15.5. The summed E-state index contributed by atoms with van der Waals surface area (Å²) in [4.78, 5) is 17.6. The van der Waals surface area contributed by atoms with Crippen LogP contribution in [0.5, 0.6) is 0 Å². The quantitative estimate of drug-likeness (QED) is 0.0769. The average Bonchev–Trinajstić information content (AvgIpc) is 3.17. The van der Waals surface area contributed by atoms with Gasteiger partial charge in [0.2, 0.25) is 0 Å². The monoisotopic (exact) mass is 822 g/mol. The van der Waals surface area contributed by atoms with Gasteiger partial charge in [0, 0.05) is 74.8 Å². The van der Waals surface area contributed by atoms with Crippen LogP contribution in [-0.2, 0) is 51.5 Å². The first kappa shape index (κ1) is 43.2. The molecule has 4 aromatic rings. The first-order chi connectivity index (χ1) is 24.9. The molecule has 14 nitrogen and oxygen atoms in total. The van der Waals surface area contributed by atoms with Gasteiger partial charge in [-0.25, -0.2) is 0 Å². The van der Waals surface area contributed by atoms with E-state index in [9.17, 15) is 0 Å². The van der Waals surface area contributed by atoms with Crippen molar-refractivity contribution in [3.63, 3.8) is 0 Å². The molecule has 4 rings (SSSR count). The second-order valence-electron chi connectivity index (χ2n) is 9.39. The van der Waals surface area contributed by atoms with E-state index in [4.69, 9.17) is 37.1 Å². The van der Waals surface area contributed by atoms with E-state index in [-0.39, 0.29) is 0 Å². The summed E-state index contributed by atoms with van der Waals surface area (Å²) in [7, 11) is -5.76. The Bertz CT molecular complexity index is 1430. The zero-order valence-corrected chi connectivity index (χ0v) is 33.4. The molecule has 0 bridgehead atoms. The Morgan fingerprint density at radius 2 is 0.824 bits per heavy atom. The molecule has 0 spiro atoms. The van der Waals surface area contributed by atoms with E-state index in [0.717, 1.165) is 33.1 Å². The molecule has 17 heteroatoms. The van der Waals surface area contributed by atoms with Gasteiger partial charge in [-0.1, -0.05) is 24.3 Å². The van der Waals surface area contributed by atoms with E-state index in [2.05, 4.69) is 27.1 Å². The Morgan fingerprint density at radius 1 is 0.490 bits per heavy atom. The Kier molecular flexibility index (Phi) is 21.2. The summed E-state index contributed by atoms with van der Waals surface area (Å²) in [5.41, 5.74) is 3.31. The maximum absolute atomic E-state index is 7.65. The third-order valence-corrected chi connectivity index (χ3v) is 12.8. The standard InChI is InChI=1S/2C16H22N2O3Si.2CHNO.Ru/c2*1-4-19-22(20-5-2,21-6-3)14-10-11-16(18-13-14)15-9-7-8-12-17-15;2*2-1-3;/h2*7-13H,4-6H2,1-3H3;2*3H;/q;;;;+2/p-2. The molecule has 274 valence electrons. The molecule has 4 aromatic heterocycles. The molecule has 0 saturated carbocycles. The first-order valence-corrected chi connectivity index (χ1v) is 21.1. The molecule has 0 aliphatic carbocycles. The predicted octanol–water partition coefficient (Wildman–Crippen LogP) is 4.69. The van der Waals surface area contributed by atoms with Crippen molar-refractivity contribution in [2.75, 3.05) is 39.6 Å². The third-order valence-electron chi connectivity index (χ3n) is 6.22. The Labute approximate surface area is 310 Å². The predicted molar refractivity (Wildman–Crippen MR) is 189 cm³/mol. The van der Waals surface area contributed by atoms with Crippen molar-refractivity contribution in [2.24, 2.45) is 0 Å². The van der Waals surface area contributed by atoms with E-state index in [0.29, 0.717) is 39.6 Å². The van der Waals surface area contributed by atoms with Crippen LogP contribution < -0.4 is 10.4 Å². The minimum absolute atomic E-state index is 0.536. The normalized spacial score (nSPS) is 10.8. The van der Waals surface area contributed by atoms with Gasteiger partial charge in [0.25, 0.3) is 0 Å². The van der Waals surface area contributed by atoms with Crippen molar-refractivity contribution < 1.29 is 51.5 Å². The van der Waals surface area contributed by atoms with Crippen LogP contribution in [0.1, 0.15) is 41.5 Å². The minimum atomic E-state index is -2.88. The molecule has 0 fully saturated rings. The summed E-state index contributed by atoms with van der Waals surface area (Å²) < 4.78 is 43.3. The van der Waals surface area contributed by atoms with E-state index >= 15 is 0 Å². The summed E-state index contributed by atoms with van der Waals surface area (Å²) in [6, 6.07) is 19.3. The van der Waals surface area contributed by atoms with Gasteiger partial charge in [-0.3, -0.25) is 19.9 Å². The number of hydrogen-bond acceptors (Lipinski definition) is 14. The number of nitrogens with zero attached hydrogens (tertiary/aromatic N) is 6. The molecule has 0 saturated heterocycles. The molecule has 0 aliphatic rings. The number of nitriles is 2. The van der Waals surface area contributed by atoms with Gasteiger partial charge in [0.05, 0.1) is 22.8 Å². The van der Waals surface area contributed by atoms with Crippen LogP contribution in [0.4, 0.5) is 0 Å². The van der Waals surface area contributed by atoms with Gasteiger partial charge in [0.1, 0.15) is 0 Å². The van der Waals surface area contributed by atoms with Crippen LogP contribution in [0, 0.1) is 23.0 Å². The number of rotatable bonds is 18. The van der Waals surface area contributed by atoms with Crippen molar-refractivity contribution in [1.82, 2.24) is 19.9 Å². The summed E-state index contributed by atoms with van der Waals surface area (Å²) >= 11 is -0.950. The molecule has 0 aromatic carbocycles. The molecule has 0 atom stereocenters. The zero-order valence-electron chi connectivity index (χ0n) is 29.6. The Hall–Kier alpha value is -4.00. The topological polar surface area (TPSA) is 173 Å². The first-order valence-electron chi connectivity index (χ1n) is 16.2. The molecule has 0 aliphatic heterocycles. The average molecular weight is 822 g/mol. The molecule has 0 unspecified atom stereocenters. The van der Waals surface area contributed by atoms with E-state index < -0.39 is 35.5 Å². The van der Waals surface area contributed by atoms with Gasteiger partial charge in [-0.15, -0.1) is 0 Å². The van der Waals surface area contributed by atoms with Gasteiger partial charge >= 0.3 is 65.6 Å². The van der Waals surface area contributed by atoms with Crippen molar-refractivity contribution in [3.05, 3.63) is 85.5 Å². The van der Waals surface area contributed by atoms with Crippen molar-refractivity contribution in [3.8, 4) is 35.3 Å². The van der Waals surface area contributed by atoms with Crippen LogP contribution in [0.15, 0.2) is 85.5 Å². The second kappa shape index (κ2) is 25.0. The number of hydrogen-bond donors (Lipinski definition) is 0. The van der Waals surface area contributed by atoms with E-state index in [1.165, 1.54) is 12.5 Å². The molecule has 4 heterocycles. The third kappa shape index (κ3) is 13.9. The fraction of sp³-hybridized carbons (Fsp3) is 0.353. The van der Waals surface area contributed by atoms with Crippen molar-refractivity contribution in [2.45, 2.75) is 41.5 Å².